The molecule has 7 nitrogen and oxygen atoms in total. The third kappa shape index (κ3) is 4.42. The average molecular weight is 422 g/mol. The molecule has 0 saturated carbocycles. The van der Waals surface area contributed by atoms with E-state index in [-0.39, 0.29) is 30.0 Å². The number of hydrogen-bond acceptors (Lipinski definition) is 4. The van der Waals surface area contributed by atoms with Gasteiger partial charge in [-0.3, -0.25) is 9.69 Å². The van der Waals surface area contributed by atoms with Gasteiger partial charge in [0.1, 0.15) is 6.54 Å². The molecular formula is C21H31N3O4S. The van der Waals surface area contributed by atoms with Crippen molar-refractivity contribution in [1.29, 1.82) is 0 Å². The number of benzene rings is 1. The zero-order valence-corrected chi connectivity index (χ0v) is 18.5. The Morgan fingerprint density at radius 2 is 1.59 bits per heavy atom. The van der Waals surface area contributed by atoms with Gasteiger partial charge in [-0.05, 0) is 49.9 Å². The topological polar surface area (TPSA) is 78.0 Å². The highest BCUT2D eigenvalue weighted by Crippen LogP contribution is 2.35. The lowest BCUT2D eigenvalue weighted by atomic mass is 10.1. The van der Waals surface area contributed by atoms with Crippen molar-refractivity contribution in [1.82, 2.24) is 9.80 Å². The van der Waals surface area contributed by atoms with Crippen LogP contribution in [-0.4, -0.2) is 73.4 Å². The number of rotatable bonds is 7. The molecule has 2 fully saturated rings. The minimum Gasteiger partial charge on any atom is -0.341 e. The Hall–Kier alpha value is -2.09. The fraction of sp³-hybridized carbons (Fsp3) is 0.619. The fourth-order valence-electron chi connectivity index (χ4n) is 4.50. The highest BCUT2D eigenvalue weighted by molar-refractivity contribution is 7.91. The number of nitrogens with zero attached hydrogens (tertiary/aromatic N) is 3. The van der Waals surface area contributed by atoms with Crippen molar-refractivity contribution >= 4 is 27.5 Å². The molecule has 1 aromatic carbocycles. The van der Waals surface area contributed by atoms with E-state index >= 15 is 0 Å². The number of fused-ring (bicyclic) bond motifs is 1. The molecule has 2 aliphatic heterocycles. The molecule has 0 bridgehead atoms. The zero-order chi connectivity index (χ0) is 21.3. The van der Waals surface area contributed by atoms with Crippen molar-refractivity contribution in [2.75, 3.05) is 36.0 Å². The van der Waals surface area contributed by atoms with E-state index < -0.39 is 21.9 Å². The van der Waals surface area contributed by atoms with Crippen LogP contribution in [0.5, 0.6) is 0 Å². The summed E-state index contributed by atoms with van der Waals surface area (Å²) in [5.41, 5.74) is 2.72. The Kier molecular flexibility index (Phi) is 6.22. The molecule has 2 heterocycles. The van der Waals surface area contributed by atoms with Gasteiger partial charge in [0.25, 0.3) is 0 Å². The second-order valence-electron chi connectivity index (χ2n) is 8.22. The van der Waals surface area contributed by atoms with Crippen LogP contribution < -0.4 is 4.90 Å². The normalized spacial score (nSPS) is 22.8. The Morgan fingerprint density at radius 3 is 2.14 bits per heavy atom. The second-order valence-corrected chi connectivity index (χ2v) is 10.4. The highest BCUT2D eigenvalue weighted by Gasteiger charge is 2.54. The summed E-state index contributed by atoms with van der Waals surface area (Å²) in [6.45, 7) is 9.14. The standard InChI is InChI=1S/C21H31N3O4S/c1-5-7-22(8-6-2)20(25)12-23-18-13-29(27,28)14-19(18)24(21(23)26)17-10-15(3)9-16(4)11-17/h9-11,18-19H,5-8,12-14H2,1-4H3/t18-,19-/m1/s1. The molecule has 160 valence electrons. The molecule has 8 heteroatoms. The van der Waals surface area contributed by atoms with Crippen molar-refractivity contribution in [2.24, 2.45) is 0 Å². The first-order valence-corrected chi connectivity index (χ1v) is 12.1. The van der Waals surface area contributed by atoms with Gasteiger partial charge in [0.15, 0.2) is 9.84 Å². The molecule has 2 atom stereocenters. The van der Waals surface area contributed by atoms with Crippen LogP contribution in [0.1, 0.15) is 37.8 Å². The van der Waals surface area contributed by atoms with E-state index in [0.29, 0.717) is 18.8 Å². The van der Waals surface area contributed by atoms with Gasteiger partial charge in [-0.25, -0.2) is 13.2 Å². The van der Waals surface area contributed by atoms with E-state index in [0.717, 1.165) is 24.0 Å². The number of anilines is 1. The minimum absolute atomic E-state index is 0.0608. The van der Waals surface area contributed by atoms with E-state index in [1.54, 1.807) is 9.80 Å². The number of hydrogen-bond donors (Lipinski definition) is 0. The molecule has 29 heavy (non-hydrogen) atoms. The van der Waals surface area contributed by atoms with E-state index in [1.807, 2.05) is 45.9 Å². The molecule has 3 amide bonds. The van der Waals surface area contributed by atoms with Crippen molar-refractivity contribution in [3.05, 3.63) is 29.3 Å². The number of sulfone groups is 1. The summed E-state index contributed by atoms with van der Waals surface area (Å²) >= 11 is 0. The van der Waals surface area contributed by atoms with Gasteiger partial charge in [0, 0.05) is 18.8 Å². The Bertz CT molecular complexity index is 873. The Balaban J connectivity index is 1.92. The number of carbonyl (C=O) groups is 2. The molecule has 2 aliphatic rings. The maximum Gasteiger partial charge on any atom is 0.325 e. The molecule has 0 N–H and O–H groups in total. The maximum absolute atomic E-state index is 13.3. The summed E-state index contributed by atoms with van der Waals surface area (Å²) in [5.74, 6) is -0.263. The van der Waals surface area contributed by atoms with Crippen LogP contribution in [0.15, 0.2) is 18.2 Å². The van der Waals surface area contributed by atoms with Gasteiger partial charge in [-0.15, -0.1) is 0 Å². The number of carbonyl (C=O) groups excluding carboxylic acids is 2. The third-order valence-electron chi connectivity index (χ3n) is 5.61. The quantitative estimate of drug-likeness (QED) is 0.633. The van der Waals surface area contributed by atoms with Gasteiger partial charge in [0.2, 0.25) is 5.91 Å². The van der Waals surface area contributed by atoms with E-state index in [1.165, 1.54) is 4.90 Å². The lowest BCUT2D eigenvalue weighted by Gasteiger charge is -2.27. The molecule has 0 spiro atoms. The molecule has 3 rings (SSSR count). The molecule has 2 saturated heterocycles. The SMILES string of the molecule is CCCN(CCC)C(=O)CN1C(=O)N(c2cc(C)cc(C)c2)[C@@H]2CS(=O)(=O)C[C@H]21. The molecular weight excluding hydrogens is 390 g/mol. The number of amides is 3. The fourth-order valence-corrected chi connectivity index (χ4v) is 6.45. The summed E-state index contributed by atoms with van der Waals surface area (Å²) in [4.78, 5) is 31.0. The lowest BCUT2D eigenvalue weighted by molar-refractivity contribution is -0.132. The first-order valence-electron chi connectivity index (χ1n) is 10.3. The van der Waals surface area contributed by atoms with Crippen molar-refractivity contribution < 1.29 is 18.0 Å². The molecule has 1 aromatic rings. The lowest BCUT2D eigenvalue weighted by Crippen LogP contribution is -2.46. The molecule has 0 aromatic heterocycles. The van der Waals surface area contributed by atoms with Crippen LogP contribution in [0, 0.1) is 13.8 Å². The average Bonchev–Trinajstić information content (AvgIpc) is 3.04. The predicted octanol–water partition coefficient (Wildman–Crippen LogP) is 2.36. The maximum atomic E-state index is 13.3. The first kappa shape index (κ1) is 21.6. The summed E-state index contributed by atoms with van der Waals surface area (Å²) in [6, 6.07) is 4.61. The summed E-state index contributed by atoms with van der Waals surface area (Å²) in [6.07, 6.45) is 1.68. The van der Waals surface area contributed by atoms with Crippen LogP contribution >= 0.6 is 0 Å². The first-order chi connectivity index (χ1) is 13.7. The van der Waals surface area contributed by atoms with Crippen LogP contribution in [-0.2, 0) is 14.6 Å². The van der Waals surface area contributed by atoms with E-state index in [2.05, 4.69) is 0 Å². The largest absolute Gasteiger partial charge is 0.341 e. The number of urea groups is 1. The molecule has 0 aliphatic carbocycles. The third-order valence-corrected chi connectivity index (χ3v) is 7.31. The Labute approximate surface area is 173 Å². The second kappa shape index (κ2) is 8.34. The summed E-state index contributed by atoms with van der Waals surface area (Å²) in [7, 11) is -3.26. The van der Waals surface area contributed by atoms with Crippen LogP contribution in [0.4, 0.5) is 10.5 Å². The minimum atomic E-state index is -3.26. The Morgan fingerprint density at radius 1 is 1.03 bits per heavy atom. The van der Waals surface area contributed by atoms with Gasteiger partial charge in [0.05, 0.1) is 23.6 Å². The van der Waals surface area contributed by atoms with Crippen LogP contribution in [0.25, 0.3) is 0 Å². The van der Waals surface area contributed by atoms with Gasteiger partial charge >= 0.3 is 6.03 Å². The monoisotopic (exact) mass is 421 g/mol. The summed E-state index contributed by atoms with van der Waals surface area (Å²) < 4.78 is 24.7. The summed E-state index contributed by atoms with van der Waals surface area (Å²) in [5, 5.41) is 0. The van der Waals surface area contributed by atoms with Gasteiger partial charge in [-0.2, -0.15) is 0 Å². The van der Waals surface area contributed by atoms with E-state index in [4.69, 9.17) is 0 Å². The van der Waals surface area contributed by atoms with Gasteiger partial charge in [-0.1, -0.05) is 19.9 Å². The van der Waals surface area contributed by atoms with Gasteiger partial charge < -0.3 is 9.80 Å². The van der Waals surface area contributed by atoms with Crippen LogP contribution in [0.2, 0.25) is 0 Å². The predicted molar refractivity (Wildman–Crippen MR) is 114 cm³/mol. The molecule has 0 unspecified atom stereocenters. The zero-order valence-electron chi connectivity index (χ0n) is 17.7. The molecule has 0 radical (unpaired) electrons. The van der Waals surface area contributed by atoms with Crippen molar-refractivity contribution in [3.8, 4) is 0 Å². The smallest absolute Gasteiger partial charge is 0.325 e. The highest BCUT2D eigenvalue weighted by atomic mass is 32.2. The van der Waals surface area contributed by atoms with Crippen LogP contribution in [0.3, 0.4) is 0 Å². The van der Waals surface area contributed by atoms with Crippen molar-refractivity contribution in [2.45, 2.75) is 52.6 Å². The van der Waals surface area contributed by atoms with Crippen molar-refractivity contribution in [3.63, 3.8) is 0 Å². The number of aryl methyl sites for hydroxylation is 2. The van der Waals surface area contributed by atoms with E-state index in [9.17, 15) is 18.0 Å².